The van der Waals surface area contributed by atoms with Crippen LogP contribution in [-0.2, 0) is 6.54 Å². The Balaban J connectivity index is 1.35. The average molecular weight is 416 g/mol. The summed E-state index contributed by atoms with van der Waals surface area (Å²) in [4.78, 5) is 22.6. The zero-order chi connectivity index (χ0) is 21.6. The third-order valence-electron chi connectivity index (χ3n) is 4.68. The highest BCUT2D eigenvalue weighted by Gasteiger charge is 2.07. The maximum atomic E-state index is 12.4. The smallest absolute Gasteiger partial charge is 0.323 e. The summed E-state index contributed by atoms with van der Waals surface area (Å²) in [6.45, 7) is 1.88. The Morgan fingerprint density at radius 1 is 1.00 bits per heavy atom. The van der Waals surface area contributed by atoms with Crippen molar-refractivity contribution >= 4 is 28.3 Å². The number of nitrogens with zero attached hydrogens (tertiary/aromatic N) is 4. The Hall–Kier alpha value is -3.91. The molecule has 0 bridgehead atoms. The van der Waals surface area contributed by atoms with Gasteiger partial charge in [0.2, 0.25) is 0 Å². The zero-order valence-corrected chi connectivity index (χ0v) is 17.4. The van der Waals surface area contributed by atoms with E-state index in [-0.39, 0.29) is 12.0 Å². The number of carbonyl (C=O) groups excluding carboxylic acids is 1. The number of anilines is 2. The second-order valence-electron chi connectivity index (χ2n) is 7.32. The van der Waals surface area contributed by atoms with Gasteiger partial charge in [-0.3, -0.25) is 0 Å². The Kier molecular flexibility index (Phi) is 6.09. The van der Waals surface area contributed by atoms with Crippen LogP contribution in [0.2, 0.25) is 0 Å². The van der Waals surface area contributed by atoms with Gasteiger partial charge in [0.15, 0.2) is 0 Å². The quantitative estimate of drug-likeness (QED) is 0.466. The fourth-order valence-corrected chi connectivity index (χ4v) is 3.12. The molecule has 2 N–H and O–H groups in total. The van der Waals surface area contributed by atoms with Gasteiger partial charge in [-0.05, 0) is 68.7 Å². The van der Waals surface area contributed by atoms with Crippen molar-refractivity contribution in [3.05, 3.63) is 73.2 Å². The van der Waals surface area contributed by atoms with E-state index in [2.05, 4.69) is 56.4 Å². The van der Waals surface area contributed by atoms with E-state index < -0.39 is 0 Å². The van der Waals surface area contributed by atoms with Crippen LogP contribution in [0.1, 0.15) is 0 Å². The molecule has 158 valence electrons. The van der Waals surface area contributed by atoms with E-state index in [1.165, 1.54) is 0 Å². The summed E-state index contributed by atoms with van der Waals surface area (Å²) in [5.74, 6) is 0.585. The lowest BCUT2D eigenvalue weighted by Crippen LogP contribution is -2.19. The van der Waals surface area contributed by atoms with Crippen molar-refractivity contribution in [1.82, 2.24) is 19.4 Å². The summed E-state index contributed by atoms with van der Waals surface area (Å²) in [5, 5.41) is 6.78. The van der Waals surface area contributed by atoms with Gasteiger partial charge in [-0.25, -0.2) is 14.8 Å². The lowest BCUT2D eigenvalue weighted by molar-refractivity contribution is 0.262. The van der Waals surface area contributed by atoms with E-state index in [1.54, 1.807) is 42.7 Å². The molecule has 0 saturated carbocycles. The molecule has 0 spiro atoms. The molecule has 8 heteroatoms. The third kappa shape index (κ3) is 5.37. The molecule has 0 aliphatic rings. The summed E-state index contributed by atoms with van der Waals surface area (Å²) < 4.78 is 7.76. The van der Waals surface area contributed by atoms with Gasteiger partial charge in [-0.1, -0.05) is 0 Å². The van der Waals surface area contributed by atoms with Crippen LogP contribution in [0, 0.1) is 0 Å². The fraction of sp³-hybridized carbons (Fsp3) is 0.174. The molecule has 8 nitrogen and oxygen atoms in total. The van der Waals surface area contributed by atoms with Crippen LogP contribution < -0.4 is 15.4 Å². The largest absolute Gasteiger partial charge is 0.424 e. The highest BCUT2D eigenvalue weighted by molar-refractivity contribution is 6.01. The number of hydrogen-bond donors (Lipinski definition) is 2. The number of aromatic nitrogens is 3. The highest BCUT2D eigenvalue weighted by atomic mass is 16.5. The molecule has 0 aliphatic carbocycles. The number of likely N-dealkylation sites (N-methyl/N-ethyl adjacent to an activating group) is 1. The van der Waals surface area contributed by atoms with Crippen LogP contribution in [0.3, 0.4) is 0 Å². The van der Waals surface area contributed by atoms with Crippen LogP contribution in [-0.4, -0.2) is 46.1 Å². The second-order valence-corrected chi connectivity index (χ2v) is 7.32. The van der Waals surface area contributed by atoms with Crippen molar-refractivity contribution in [3.63, 3.8) is 0 Å². The first-order valence-electron chi connectivity index (χ1n) is 9.93. The summed E-state index contributed by atoms with van der Waals surface area (Å²) >= 11 is 0. The number of fused-ring (bicyclic) bond motifs is 1. The van der Waals surface area contributed by atoms with Gasteiger partial charge >= 0.3 is 12.0 Å². The SMILES string of the molecule is CN(C)CCn1ccc2cc(NC(=O)Nc3ccc(Oc4ncccn4)cc3)ccc21. The summed E-state index contributed by atoms with van der Waals surface area (Å²) in [6.07, 6.45) is 5.29. The summed E-state index contributed by atoms with van der Waals surface area (Å²) in [6, 6.07) is 16.6. The summed E-state index contributed by atoms with van der Waals surface area (Å²) in [7, 11) is 4.12. The molecule has 0 radical (unpaired) electrons. The Labute approximate surface area is 180 Å². The predicted molar refractivity (Wildman–Crippen MR) is 122 cm³/mol. The second kappa shape index (κ2) is 9.27. The molecule has 0 aliphatic heterocycles. The van der Waals surface area contributed by atoms with Gasteiger partial charge in [-0.15, -0.1) is 0 Å². The molecule has 0 saturated heterocycles. The summed E-state index contributed by atoms with van der Waals surface area (Å²) in [5.41, 5.74) is 2.53. The number of benzene rings is 2. The van der Waals surface area contributed by atoms with Crippen molar-refractivity contribution in [2.24, 2.45) is 0 Å². The zero-order valence-electron chi connectivity index (χ0n) is 17.4. The van der Waals surface area contributed by atoms with E-state index in [0.29, 0.717) is 11.4 Å². The van der Waals surface area contributed by atoms with E-state index in [0.717, 1.165) is 29.7 Å². The number of nitrogens with one attached hydrogen (secondary N) is 2. The van der Waals surface area contributed by atoms with Crippen molar-refractivity contribution in [1.29, 1.82) is 0 Å². The van der Waals surface area contributed by atoms with Gasteiger partial charge in [0.05, 0.1) is 0 Å². The van der Waals surface area contributed by atoms with Crippen molar-refractivity contribution < 1.29 is 9.53 Å². The highest BCUT2D eigenvalue weighted by Crippen LogP contribution is 2.22. The minimum atomic E-state index is -0.313. The average Bonchev–Trinajstić information content (AvgIpc) is 3.16. The van der Waals surface area contributed by atoms with E-state index >= 15 is 0 Å². The van der Waals surface area contributed by atoms with Gasteiger partial charge in [0.25, 0.3) is 0 Å². The standard InChI is InChI=1S/C23H24N6O2/c1-28(2)14-15-29-13-10-17-16-19(6-9-21(17)29)27-22(30)26-18-4-7-20(8-5-18)31-23-24-11-3-12-25-23/h3-13,16H,14-15H2,1-2H3,(H2,26,27,30). The lowest BCUT2D eigenvalue weighted by Gasteiger charge is -2.12. The van der Waals surface area contributed by atoms with Gasteiger partial charge in [0, 0.05) is 54.0 Å². The molecule has 2 aromatic carbocycles. The Morgan fingerprint density at radius 2 is 1.71 bits per heavy atom. The number of amides is 2. The maximum Gasteiger partial charge on any atom is 0.323 e. The topological polar surface area (TPSA) is 84.3 Å². The van der Waals surface area contributed by atoms with E-state index in [9.17, 15) is 4.79 Å². The molecule has 31 heavy (non-hydrogen) atoms. The molecular weight excluding hydrogens is 392 g/mol. The molecule has 0 fully saturated rings. The molecule has 0 atom stereocenters. The third-order valence-corrected chi connectivity index (χ3v) is 4.68. The Morgan fingerprint density at radius 3 is 2.45 bits per heavy atom. The molecule has 2 heterocycles. The van der Waals surface area contributed by atoms with Crippen LogP contribution in [0.25, 0.3) is 10.9 Å². The lowest BCUT2D eigenvalue weighted by atomic mass is 10.2. The molecular formula is C23H24N6O2. The van der Waals surface area contributed by atoms with Crippen LogP contribution in [0.15, 0.2) is 73.2 Å². The normalized spacial score (nSPS) is 10.9. The van der Waals surface area contributed by atoms with Crippen LogP contribution in [0.4, 0.5) is 16.2 Å². The number of hydrogen-bond acceptors (Lipinski definition) is 5. The van der Waals surface area contributed by atoms with Crippen LogP contribution >= 0.6 is 0 Å². The number of carbonyl (C=O) groups is 1. The minimum absolute atomic E-state index is 0.270. The minimum Gasteiger partial charge on any atom is -0.424 e. The first-order chi connectivity index (χ1) is 15.1. The number of urea groups is 1. The molecule has 4 rings (SSSR count). The number of rotatable bonds is 7. The van der Waals surface area contributed by atoms with E-state index in [1.807, 2.05) is 18.2 Å². The monoisotopic (exact) mass is 416 g/mol. The van der Waals surface area contributed by atoms with Crippen molar-refractivity contribution in [3.8, 4) is 11.8 Å². The first kappa shape index (κ1) is 20.4. The number of ether oxygens (including phenoxy) is 1. The molecule has 4 aromatic rings. The Bertz CT molecular complexity index is 1160. The van der Waals surface area contributed by atoms with Crippen molar-refractivity contribution in [2.45, 2.75) is 6.54 Å². The van der Waals surface area contributed by atoms with Crippen molar-refractivity contribution in [2.75, 3.05) is 31.3 Å². The molecule has 0 unspecified atom stereocenters. The fourth-order valence-electron chi connectivity index (χ4n) is 3.12. The van der Waals surface area contributed by atoms with Gasteiger partial charge in [0.1, 0.15) is 5.75 Å². The van der Waals surface area contributed by atoms with Gasteiger partial charge in [-0.2, -0.15) is 0 Å². The molecule has 2 amide bonds. The van der Waals surface area contributed by atoms with Crippen LogP contribution in [0.5, 0.6) is 11.8 Å². The van der Waals surface area contributed by atoms with Gasteiger partial charge < -0.3 is 24.8 Å². The first-order valence-corrected chi connectivity index (χ1v) is 9.93. The maximum absolute atomic E-state index is 12.4. The predicted octanol–water partition coefficient (Wildman–Crippen LogP) is 4.43. The van der Waals surface area contributed by atoms with E-state index in [4.69, 9.17) is 4.74 Å². The molecule has 2 aromatic heterocycles.